The monoisotopic (exact) mass is 398 g/mol. The third-order valence-electron chi connectivity index (χ3n) is 5.08. The second-order valence-electron chi connectivity index (χ2n) is 6.91. The highest BCUT2D eigenvalue weighted by Gasteiger charge is 2.23. The fraction of sp³-hybridized carbons (Fsp3) is 0.348. The van der Waals surface area contributed by atoms with E-state index in [-0.39, 0.29) is 17.2 Å². The number of carbonyl (C=O) groups excluding carboxylic acids is 1. The van der Waals surface area contributed by atoms with Crippen molar-refractivity contribution < 1.29 is 18.7 Å². The van der Waals surface area contributed by atoms with Crippen LogP contribution < -0.4 is 9.47 Å². The zero-order valence-corrected chi connectivity index (χ0v) is 16.9. The Morgan fingerprint density at radius 2 is 1.86 bits per heavy atom. The van der Waals surface area contributed by atoms with Gasteiger partial charge in [0.05, 0.1) is 19.8 Å². The fourth-order valence-corrected chi connectivity index (χ4v) is 3.54. The summed E-state index contributed by atoms with van der Waals surface area (Å²) in [5, 5.41) is 0. The van der Waals surface area contributed by atoms with Gasteiger partial charge in [0.25, 0.3) is 5.91 Å². The molecule has 3 rings (SSSR count). The van der Waals surface area contributed by atoms with Crippen molar-refractivity contribution in [1.29, 1.82) is 0 Å². The minimum absolute atomic E-state index is 0.0124. The Balaban J connectivity index is 1.60. The van der Waals surface area contributed by atoms with Crippen LogP contribution in [0.4, 0.5) is 4.39 Å². The molecule has 0 atom stereocenters. The molecule has 1 heterocycles. The summed E-state index contributed by atoms with van der Waals surface area (Å²) >= 11 is 0. The first-order valence-corrected chi connectivity index (χ1v) is 9.77. The summed E-state index contributed by atoms with van der Waals surface area (Å²) in [6.07, 6.45) is 5.04. The lowest BCUT2D eigenvalue weighted by molar-refractivity contribution is 0.0758. The van der Waals surface area contributed by atoms with Crippen molar-refractivity contribution in [3.8, 4) is 11.5 Å². The van der Waals surface area contributed by atoms with E-state index in [1.165, 1.54) is 19.2 Å². The van der Waals surface area contributed by atoms with Gasteiger partial charge in [0.2, 0.25) is 0 Å². The molecule has 0 unspecified atom stereocenters. The van der Waals surface area contributed by atoms with Crippen LogP contribution in [0.1, 0.15) is 22.3 Å². The lowest BCUT2D eigenvalue weighted by Gasteiger charge is -2.22. The topological polar surface area (TPSA) is 42.0 Å². The second-order valence-corrected chi connectivity index (χ2v) is 6.91. The standard InChI is InChI=1S/C23H27FN2O3/c1-28-21-12-4-3-8-18(21)9-6-13-25-14-7-15-26(17-16-25)23(27)19-10-5-11-20(24)22(19)29-2/h3-6,8-12H,7,13-17H2,1-2H3/b9-6+. The van der Waals surface area contributed by atoms with Gasteiger partial charge in [-0.25, -0.2) is 4.39 Å². The maximum atomic E-state index is 13.9. The van der Waals surface area contributed by atoms with Gasteiger partial charge in [0.1, 0.15) is 5.75 Å². The summed E-state index contributed by atoms with van der Waals surface area (Å²) in [6.45, 7) is 3.70. The Morgan fingerprint density at radius 3 is 2.66 bits per heavy atom. The van der Waals surface area contributed by atoms with Crippen molar-refractivity contribution >= 4 is 12.0 Å². The molecule has 29 heavy (non-hydrogen) atoms. The number of hydrogen-bond acceptors (Lipinski definition) is 4. The first kappa shape index (κ1) is 20.9. The molecule has 1 fully saturated rings. The number of ether oxygens (including phenoxy) is 2. The highest BCUT2D eigenvalue weighted by atomic mass is 19.1. The van der Waals surface area contributed by atoms with Crippen LogP contribution in [0.2, 0.25) is 0 Å². The lowest BCUT2D eigenvalue weighted by Crippen LogP contribution is -2.35. The summed E-state index contributed by atoms with van der Waals surface area (Å²) in [5.74, 6) is 0.155. The summed E-state index contributed by atoms with van der Waals surface area (Å²) < 4.78 is 24.4. The normalized spacial score (nSPS) is 15.3. The van der Waals surface area contributed by atoms with Crippen molar-refractivity contribution in [2.24, 2.45) is 0 Å². The van der Waals surface area contributed by atoms with E-state index >= 15 is 0 Å². The van der Waals surface area contributed by atoms with Gasteiger partial charge in [-0.15, -0.1) is 0 Å². The number of benzene rings is 2. The molecule has 2 aromatic rings. The molecule has 1 saturated heterocycles. The van der Waals surface area contributed by atoms with Crippen LogP contribution in [0.5, 0.6) is 11.5 Å². The van der Waals surface area contributed by atoms with Gasteiger partial charge in [-0.05, 0) is 24.6 Å². The van der Waals surface area contributed by atoms with Crippen LogP contribution in [0.25, 0.3) is 6.08 Å². The maximum Gasteiger partial charge on any atom is 0.257 e. The van der Waals surface area contributed by atoms with E-state index in [1.54, 1.807) is 18.1 Å². The Morgan fingerprint density at radius 1 is 1.03 bits per heavy atom. The van der Waals surface area contributed by atoms with Crippen LogP contribution in [0.15, 0.2) is 48.5 Å². The van der Waals surface area contributed by atoms with E-state index in [0.717, 1.165) is 37.4 Å². The predicted octanol–water partition coefficient (Wildman–Crippen LogP) is 3.70. The molecule has 0 aliphatic carbocycles. The largest absolute Gasteiger partial charge is 0.496 e. The molecule has 0 bridgehead atoms. The molecule has 1 aliphatic heterocycles. The van der Waals surface area contributed by atoms with E-state index in [4.69, 9.17) is 9.47 Å². The molecule has 0 aromatic heterocycles. The van der Waals surface area contributed by atoms with E-state index in [2.05, 4.69) is 17.1 Å². The van der Waals surface area contributed by atoms with Crippen LogP contribution in [-0.4, -0.2) is 62.7 Å². The van der Waals surface area contributed by atoms with Crippen LogP contribution in [0.3, 0.4) is 0 Å². The molecule has 154 valence electrons. The molecular formula is C23H27FN2O3. The number of carbonyl (C=O) groups is 1. The summed E-state index contributed by atoms with van der Waals surface area (Å²) in [5.41, 5.74) is 1.32. The Bertz CT molecular complexity index is 869. The predicted molar refractivity (Wildman–Crippen MR) is 112 cm³/mol. The number of hydrogen-bond donors (Lipinski definition) is 0. The van der Waals surface area contributed by atoms with Crippen molar-refractivity contribution in [1.82, 2.24) is 9.80 Å². The second kappa shape index (κ2) is 10.1. The van der Waals surface area contributed by atoms with Crippen molar-refractivity contribution in [3.63, 3.8) is 0 Å². The Hall–Kier alpha value is -2.86. The molecule has 5 nitrogen and oxygen atoms in total. The number of methoxy groups -OCH3 is 2. The summed E-state index contributed by atoms with van der Waals surface area (Å²) in [4.78, 5) is 17.0. The zero-order chi connectivity index (χ0) is 20.6. The quantitative estimate of drug-likeness (QED) is 0.744. The SMILES string of the molecule is COc1ccccc1/C=C/CN1CCCN(C(=O)c2cccc(F)c2OC)CC1. The molecule has 0 N–H and O–H groups in total. The number of para-hydroxylation sites is 2. The lowest BCUT2D eigenvalue weighted by atomic mass is 10.1. The van der Waals surface area contributed by atoms with E-state index in [9.17, 15) is 9.18 Å². The molecule has 1 aliphatic rings. The number of nitrogens with zero attached hydrogens (tertiary/aromatic N) is 2. The Labute approximate surface area is 171 Å². The highest BCUT2D eigenvalue weighted by Crippen LogP contribution is 2.24. The first-order chi connectivity index (χ1) is 14.1. The van der Waals surface area contributed by atoms with Gasteiger partial charge in [0, 0.05) is 38.3 Å². The molecule has 0 saturated carbocycles. The van der Waals surface area contributed by atoms with Crippen molar-refractivity contribution in [3.05, 3.63) is 65.5 Å². The van der Waals surface area contributed by atoms with Crippen LogP contribution in [0, 0.1) is 5.82 Å². The van der Waals surface area contributed by atoms with E-state index in [0.29, 0.717) is 13.1 Å². The molecule has 0 radical (unpaired) electrons. The molecule has 1 amide bonds. The van der Waals surface area contributed by atoms with Gasteiger partial charge >= 0.3 is 0 Å². The summed E-state index contributed by atoms with van der Waals surface area (Å²) in [7, 11) is 3.05. The van der Waals surface area contributed by atoms with Gasteiger partial charge in [-0.1, -0.05) is 36.4 Å². The van der Waals surface area contributed by atoms with Crippen LogP contribution in [-0.2, 0) is 0 Å². The third-order valence-corrected chi connectivity index (χ3v) is 5.08. The van der Waals surface area contributed by atoms with E-state index < -0.39 is 5.82 Å². The summed E-state index contributed by atoms with van der Waals surface area (Å²) in [6, 6.07) is 12.3. The van der Waals surface area contributed by atoms with Gasteiger partial charge in [0.15, 0.2) is 11.6 Å². The first-order valence-electron chi connectivity index (χ1n) is 9.77. The molecule has 6 heteroatoms. The molecular weight excluding hydrogens is 371 g/mol. The van der Waals surface area contributed by atoms with Gasteiger partial charge in [-0.3, -0.25) is 9.69 Å². The minimum Gasteiger partial charge on any atom is -0.496 e. The van der Waals surface area contributed by atoms with Crippen molar-refractivity contribution in [2.45, 2.75) is 6.42 Å². The van der Waals surface area contributed by atoms with Crippen molar-refractivity contribution in [2.75, 3.05) is 46.9 Å². The third kappa shape index (κ3) is 5.15. The van der Waals surface area contributed by atoms with Gasteiger partial charge in [-0.2, -0.15) is 0 Å². The zero-order valence-electron chi connectivity index (χ0n) is 16.9. The minimum atomic E-state index is -0.517. The Kier molecular flexibility index (Phi) is 7.25. The average molecular weight is 398 g/mol. The van der Waals surface area contributed by atoms with E-state index in [1.807, 2.05) is 24.3 Å². The maximum absolute atomic E-state index is 13.9. The number of halogens is 1. The number of rotatable bonds is 6. The molecule has 0 spiro atoms. The number of amides is 1. The average Bonchev–Trinajstić information content (AvgIpc) is 2.99. The smallest absolute Gasteiger partial charge is 0.257 e. The van der Waals surface area contributed by atoms with Gasteiger partial charge < -0.3 is 14.4 Å². The fourth-order valence-electron chi connectivity index (χ4n) is 3.54. The van der Waals surface area contributed by atoms with Crippen LogP contribution >= 0.6 is 0 Å². The highest BCUT2D eigenvalue weighted by molar-refractivity contribution is 5.97. The molecule has 2 aromatic carbocycles.